The topological polar surface area (TPSA) is 103 Å². The second-order valence-electron chi connectivity index (χ2n) is 11.5. The maximum atomic E-state index is 13.5. The van der Waals surface area contributed by atoms with E-state index >= 15 is 0 Å². The number of hydrogen-bond donors (Lipinski definition) is 1. The Bertz CT molecular complexity index is 973. The summed E-state index contributed by atoms with van der Waals surface area (Å²) < 4.78 is 22.6. The molecule has 1 N–H and O–H groups in total. The van der Waals surface area contributed by atoms with Crippen LogP contribution in [0.5, 0.6) is 0 Å². The highest BCUT2D eigenvalue weighted by Crippen LogP contribution is 2.36. The van der Waals surface area contributed by atoms with Gasteiger partial charge in [0.05, 0.1) is 24.2 Å². The van der Waals surface area contributed by atoms with Gasteiger partial charge in [-0.2, -0.15) is 0 Å². The van der Waals surface area contributed by atoms with Crippen LogP contribution in [0.25, 0.3) is 0 Å². The van der Waals surface area contributed by atoms with E-state index in [1.165, 1.54) is 7.11 Å². The third-order valence-corrected chi connectivity index (χ3v) is 6.94. The number of amides is 2. The Balaban J connectivity index is 1.79. The molecular formula is C26H39BN2O7. The van der Waals surface area contributed by atoms with Crippen molar-refractivity contribution in [2.45, 2.75) is 84.2 Å². The summed E-state index contributed by atoms with van der Waals surface area (Å²) in [5, 5.41) is 2.74. The molecule has 2 aliphatic rings. The van der Waals surface area contributed by atoms with E-state index in [9.17, 15) is 14.4 Å². The SMILES string of the molecule is COC(=O)[C@@H]1CCN(C(=O)[C@H](Cc2cccc(B3OC(C)(C)C(C)(C)O3)c2)NC(=O)OC(C)(C)C)C1. The molecule has 2 heterocycles. The quantitative estimate of drug-likeness (QED) is 0.471. The second-order valence-corrected chi connectivity index (χ2v) is 11.5. The van der Waals surface area contributed by atoms with Crippen molar-refractivity contribution in [3.05, 3.63) is 29.8 Å². The summed E-state index contributed by atoms with van der Waals surface area (Å²) in [4.78, 5) is 39.6. The standard InChI is InChI=1S/C26H39BN2O7/c1-24(2,3)34-23(32)28-20(21(30)29-13-12-18(16-29)22(31)33-8)15-17-10-9-11-19(14-17)27-35-25(4,5)26(6,7)36-27/h9-11,14,18,20H,12-13,15-16H2,1-8H3,(H,28,32)/t18-,20+/m1/s1. The highest BCUT2D eigenvalue weighted by molar-refractivity contribution is 6.62. The first-order valence-corrected chi connectivity index (χ1v) is 12.4. The number of methoxy groups -OCH3 is 1. The lowest BCUT2D eigenvalue weighted by Crippen LogP contribution is -2.50. The van der Waals surface area contributed by atoms with Gasteiger partial charge < -0.3 is 29.0 Å². The molecule has 10 heteroatoms. The molecule has 1 aromatic rings. The van der Waals surface area contributed by atoms with Gasteiger partial charge in [-0.3, -0.25) is 9.59 Å². The number of benzene rings is 1. The highest BCUT2D eigenvalue weighted by atomic mass is 16.7. The number of carbonyl (C=O) groups excluding carboxylic acids is 3. The average Bonchev–Trinajstić information content (AvgIpc) is 3.33. The third-order valence-electron chi connectivity index (χ3n) is 6.94. The number of esters is 1. The molecule has 36 heavy (non-hydrogen) atoms. The summed E-state index contributed by atoms with van der Waals surface area (Å²) in [6.45, 7) is 13.9. The Kier molecular flexibility index (Phi) is 8.10. The fraction of sp³-hybridized carbons (Fsp3) is 0.654. The monoisotopic (exact) mass is 502 g/mol. The smallest absolute Gasteiger partial charge is 0.469 e. The Morgan fingerprint density at radius 1 is 1.17 bits per heavy atom. The summed E-state index contributed by atoms with van der Waals surface area (Å²) in [5.74, 6) is -0.974. The van der Waals surface area contributed by atoms with Crippen LogP contribution in [0.1, 0.15) is 60.5 Å². The van der Waals surface area contributed by atoms with Crippen LogP contribution >= 0.6 is 0 Å². The zero-order valence-electron chi connectivity index (χ0n) is 22.7. The van der Waals surface area contributed by atoms with E-state index < -0.39 is 36.1 Å². The molecule has 2 saturated heterocycles. The van der Waals surface area contributed by atoms with Crippen molar-refractivity contribution in [1.82, 2.24) is 10.2 Å². The molecule has 2 atom stereocenters. The van der Waals surface area contributed by atoms with E-state index in [-0.39, 0.29) is 30.8 Å². The van der Waals surface area contributed by atoms with Gasteiger partial charge in [-0.15, -0.1) is 0 Å². The molecule has 198 valence electrons. The first kappa shape index (κ1) is 28.0. The molecule has 0 unspecified atom stereocenters. The molecule has 1 aromatic carbocycles. The number of carbonyl (C=O) groups is 3. The van der Waals surface area contributed by atoms with Crippen LogP contribution in [0.2, 0.25) is 0 Å². The van der Waals surface area contributed by atoms with Crippen LogP contribution in [0.3, 0.4) is 0 Å². The van der Waals surface area contributed by atoms with Crippen LogP contribution in [-0.2, 0) is 34.8 Å². The Morgan fingerprint density at radius 2 is 1.81 bits per heavy atom. The fourth-order valence-electron chi connectivity index (χ4n) is 4.27. The lowest BCUT2D eigenvalue weighted by molar-refractivity contribution is -0.145. The van der Waals surface area contributed by atoms with Crippen LogP contribution in [-0.4, -0.2) is 73.0 Å². The van der Waals surface area contributed by atoms with E-state index in [0.717, 1.165) is 11.0 Å². The highest BCUT2D eigenvalue weighted by Gasteiger charge is 2.51. The minimum atomic E-state index is -0.871. The van der Waals surface area contributed by atoms with Crippen molar-refractivity contribution in [1.29, 1.82) is 0 Å². The van der Waals surface area contributed by atoms with Gasteiger partial charge in [0.1, 0.15) is 11.6 Å². The summed E-state index contributed by atoms with van der Waals surface area (Å²) in [6.07, 6.45) is 0.0893. The molecule has 0 aliphatic carbocycles. The van der Waals surface area contributed by atoms with E-state index in [1.807, 2.05) is 52.0 Å². The van der Waals surface area contributed by atoms with E-state index in [0.29, 0.717) is 13.0 Å². The number of hydrogen-bond acceptors (Lipinski definition) is 7. The molecule has 0 aromatic heterocycles. The predicted octanol–water partition coefficient (Wildman–Crippen LogP) is 2.44. The van der Waals surface area contributed by atoms with Gasteiger partial charge in [0, 0.05) is 19.5 Å². The number of ether oxygens (including phenoxy) is 2. The predicted molar refractivity (Wildman–Crippen MR) is 136 cm³/mol. The van der Waals surface area contributed by atoms with Gasteiger partial charge in [0.2, 0.25) is 5.91 Å². The molecule has 2 fully saturated rings. The van der Waals surface area contributed by atoms with Gasteiger partial charge in [-0.05, 0) is 65.9 Å². The van der Waals surface area contributed by atoms with Crippen LogP contribution < -0.4 is 10.8 Å². The van der Waals surface area contributed by atoms with E-state index in [2.05, 4.69) is 5.32 Å². The lowest BCUT2D eigenvalue weighted by Gasteiger charge is -2.32. The van der Waals surface area contributed by atoms with Crippen molar-refractivity contribution in [2.75, 3.05) is 20.2 Å². The zero-order chi connectivity index (χ0) is 26.9. The molecule has 0 spiro atoms. The van der Waals surface area contributed by atoms with Crippen molar-refractivity contribution >= 4 is 30.6 Å². The van der Waals surface area contributed by atoms with Crippen LogP contribution in [0.15, 0.2) is 24.3 Å². The molecule has 0 saturated carbocycles. The van der Waals surface area contributed by atoms with Crippen molar-refractivity contribution in [3.8, 4) is 0 Å². The maximum Gasteiger partial charge on any atom is 0.494 e. The second kappa shape index (κ2) is 10.4. The summed E-state index contributed by atoms with van der Waals surface area (Å²) in [6, 6.07) is 6.76. The Labute approximate surface area is 214 Å². The van der Waals surface area contributed by atoms with E-state index in [4.69, 9.17) is 18.8 Å². The van der Waals surface area contributed by atoms with Gasteiger partial charge >= 0.3 is 19.2 Å². The number of likely N-dealkylation sites (tertiary alicyclic amines) is 1. The fourth-order valence-corrected chi connectivity index (χ4v) is 4.27. The summed E-state index contributed by atoms with van der Waals surface area (Å²) in [5.41, 5.74) is 0.00643. The minimum Gasteiger partial charge on any atom is -0.469 e. The summed E-state index contributed by atoms with van der Waals surface area (Å²) >= 11 is 0. The largest absolute Gasteiger partial charge is 0.494 e. The molecule has 9 nitrogen and oxygen atoms in total. The molecule has 0 radical (unpaired) electrons. The lowest BCUT2D eigenvalue weighted by atomic mass is 9.78. The van der Waals surface area contributed by atoms with Gasteiger partial charge in [-0.25, -0.2) is 4.79 Å². The van der Waals surface area contributed by atoms with Crippen molar-refractivity contribution < 1.29 is 33.2 Å². The molecule has 0 bridgehead atoms. The average molecular weight is 502 g/mol. The third kappa shape index (κ3) is 6.59. The first-order chi connectivity index (χ1) is 16.6. The van der Waals surface area contributed by atoms with E-state index in [1.54, 1.807) is 25.7 Å². The van der Waals surface area contributed by atoms with Gasteiger partial charge in [0.15, 0.2) is 0 Å². The zero-order valence-corrected chi connectivity index (χ0v) is 22.7. The number of rotatable bonds is 6. The van der Waals surface area contributed by atoms with Crippen molar-refractivity contribution in [2.24, 2.45) is 5.92 Å². The van der Waals surface area contributed by atoms with Gasteiger partial charge in [0.25, 0.3) is 0 Å². The minimum absolute atomic E-state index is 0.241. The molecular weight excluding hydrogens is 463 g/mol. The normalized spacial score (nSPS) is 21.7. The molecule has 2 aliphatic heterocycles. The summed E-state index contributed by atoms with van der Waals surface area (Å²) in [7, 11) is 0.800. The number of nitrogens with one attached hydrogen (secondary N) is 1. The Hall–Kier alpha value is -2.59. The Morgan fingerprint density at radius 3 is 2.39 bits per heavy atom. The number of nitrogens with zero attached hydrogens (tertiary/aromatic N) is 1. The molecule has 2 amide bonds. The maximum absolute atomic E-state index is 13.5. The molecule has 3 rings (SSSR count). The first-order valence-electron chi connectivity index (χ1n) is 12.4. The van der Waals surface area contributed by atoms with Gasteiger partial charge in [-0.1, -0.05) is 24.3 Å². The number of alkyl carbamates (subject to hydrolysis) is 1. The van der Waals surface area contributed by atoms with Crippen LogP contribution in [0, 0.1) is 5.92 Å². The van der Waals surface area contributed by atoms with Crippen LogP contribution in [0.4, 0.5) is 4.79 Å². The van der Waals surface area contributed by atoms with Crippen molar-refractivity contribution in [3.63, 3.8) is 0 Å².